The summed E-state index contributed by atoms with van der Waals surface area (Å²) in [6.45, 7) is 11.9. The molecule has 1 heterocycles. The van der Waals surface area contributed by atoms with Crippen LogP contribution in [0.25, 0.3) is 11.1 Å². The van der Waals surface area contributed by atoms with Crippen LogP contribution in [-0.4, -0.2) is 45.4 Å². The fourth-order valence-corrected chi connectivity index (χ4v) is 6.47. The number of esters is 1. The molecule has 1 N–H and O–H groups in total. The molecule has 0 radical (unpaired) electrons. The minimum absolute atomic E-state index is 0.00174. The average molecular weight is 695 g/mol. The van der Waals surface area contributed by atoms with Gasteiger partial charge >= 0.3 is 5.97 Å². The molecule has 2 unspecified atom stereocenters. The number of benzene rings is 2. The summed E-state index contributed by atoms with van der Waals surface area (Å²) in [5, 5.41) is -0.126. The van der Waals surface area contributed by atoms with Crippen molar-refractivity contribution in [1.82, 2.24) is 9.29 Å². The summed E-state index contributed by atoms with van der Waals surface area (Å²) in [4.78, 5) is 40.2. The van der Waals surface area contributed by atoms with E-state index in [1.165, 1.54) is 55.1 Å². The highest BCUT2D eigenvalue weighted by molar-refractivity contribution is 7.91. The van der Waals surface area contributed by atoms with Gasteiger partial charge in [0.25, 0.3) is 5.56 Å². The molecule has 9 nitrogen and oxygen atoms in total. The number of aryl methyl sites for hydroxylation is 1. The number of hydrogen-bond acceptors (Lipinski definition) is 8. The Hall–Kier alpha value is -3.03. The Morgan fingerprint density at radius 2 is 1.67 bits per heavy atom. The SMILES string of the molecule is CCS(=O)(=O)Cc1ccc(C(=O)c2ccc(F)cc2Cl)c(-c2cn(C)c(=O)cc2C(CC(=O)OC(C)(C)C)N[S+]([O-])C(C)(C)C)c1. The van der Waals surface area contributed by atoms with E-state index in [2.05, 4.69) is 4.72 Å². The molecule has 0 spiro atoms. The number of carbonyl (C=O) groups excluding carboxylic acids is 2. The number of halogens is 2. The van der Waals surface area contributed by atoms with E-state index in [0.717, 1.165) is 12.1 Å². The first-order valence-electron chi connectivity index (χ1n) is 14.6. The lowest BCUT2D eigenvalue weighted by molar-refractivity contribution is -0.155. The van der Waals surface area contributed by atoms with Crippen LogP contribution < -0.4 is 10.3 Å². The summed E-state index contributed by atoms with van der Waals surface area (Å²) in [7, 11) is -1.99. The van der Waals surface area contributed by atoms with Gasteiger partial charge in [-0.15, -0.1) is 4.72 Å². The van der Waals surface area contributed by atoms with Crippen molar-refractivity contribution in [3.05, 3.63) is 92.1 Å². The fraction of sp³-hybridized carbons (Fsp3) is 0.424. The van der Waals surface area contributed by atoms with Crippen molar-refractivity contribution in [3.63, 3.8) is 0 Å². The Balaban J connectivity index is 2.37. The molecule has 3 aromatic rings. The average Bonchev–Trinajstić information content (AvgIpc) is 2.91. The largest absolute Gasteiger partial charge is 0.598 e. The van der Waals surface area contributed by atoms with Gasteiger partial charge in [0.1, 0.15) is 16.2 Å². The first kappa shape index (κ1) is 37.4. The maximum Gasteiger partial charge on any atom is 0.308 e. The van der Waals surface area contributed by atoms with Gasteiger partial charge in [-0.3, -0.25) is 14.4 Å². The third kappa shape index (κ3) is 9.74. The maximum atomic E-state index is 14.0. The second kappa shape index (κ2) is 14.4. The summed E-state index contributed by atoms with van der Waals surface area (Å²) < 4.78 is 61.5. The third-order valence-corrected chi connectivity index (χ3v) is 10.4. The van der Waals surface area contributed by atoms with Gasteiger partial charge in [0.2, 0.25) is 0 Å². The lowest BCUT2D eigenvalue weighted by Gasteiger charge is -2.30. The Morgan fingerprint density at radius 1 is 1.04 bits per heavy atom. The minimum Gasteiger partial charge on any atom is -0.598 e. The summed E-state index contributed by atoms with van der Waals surface area (Å²) >= 11 is 4.55. The summed E-state index contributed by atoms with van der Waals surface area (Å²) in [5.41, 5.74) is -0.0529. The predicted molar refractivity (Wildman–Crippen MR) is 179 cm³/mol. The number of nitrogens with zero attached hydrogens (tertiary/aromatic N) is 1. The van der Waals surface area contributed by atoms with Crippen LogP contribution in [0.2, 0.25) is 5.02 Å². The molecule has 0 fully saturated rings. The molecule has 2 atom stereocenters. The minimum atomic E-state index is -3.49. The predicted octanol–water partition coefficient (Wildman–Crippen LogP) is 5.84. The number of carbonyl (C=O) groups is 2. The standard InChI is InChI=1S/C33H40ClFN2O7S2/c1-9-46(42,43)19-20-10-12-22(31(40)23-13-11-21(35)15-27(23)34)24(14-20)26-18-37(8)29(38)16-25(26)28(36-45(41)33(5,6)7)17-30(39)44-32(2,3)4/h10-16,18,28,36H,9,17,19H2,1-8H3. The molecule has 0 aliphatic carbocycles. The van der Waals surface area contributed by atoms with Crippen LogP contribution in [0.1, 0.15) is 88.0 Å². The van der Waals surface area contributed by atoms with Gasteiger partial charge in [-0.25, -0.2) is 12.8 Å². The molecule has 13 heteroatoms. The first-order chi connectivity index (χ1) is 21.1. The van der Waals surface area contributed by atoms with Crippen LogP contribution in [-0.2, 0) is 43.5 Å². The maximum absolute atomic E-state index is 14.0. The molecular weight excluding hydrogens is 655 g/mol. The van der Waals surface area contributed by atoms with Crippen molar-refractivity contribution in [2.24, 2.45) is 7.05 Å². The van der Waals surface area contributed by atoms with Crippen molar-refractivity contribution >= 4 is 44.6 Å². The van der Waals surface area contributed by atoms with Gasteiger partial charge in [0.15, 0.2) is 15.6 Å². The van der Waals surface area contributed by atoms with Crippen molar-refractivity contribution in [2.75, 3.05) is 5.75 Å². The van der Waals surface area contributed by atoms with Crippen LogP contribution in [0, 0.1) is 5.82 Å². The Labute approximate surface area is 277 Å². The van der Waals surface area contributed by atoms with Gasteiger partial charge in [0.05, 0.1) is 23.2 Å². The van der Waals surface area contributed by atoms with Crippen LogP contribution >= 0.6 is 11.6 Å². The molecule has 250 valence electrons. The van der Waals surface area contributed by atoms with E-state index in [1.807, 2.05) is 0 Å². The Kier molecular flexibility index (Phi) is 11.7. The number of sulfone groups is 1. The number of nitrogens with one attached hydrogen (secondary N) is 1. The lowest BCUT2D eigenvalue weighted by Crippen LogP contribution is -2.42. The van der Waals surface area contributed by atoms with Crippen LogP contribution in [0.15, 0.2) is 53.5 Å². The summed E-state index contributed by atoms with van der Waals surface area (Å²) in [5.74, 6) is -2.28. The number of hydrogen-bond donors (Lipinski definition) is 1. The van der Waals surface area contributed by atoms with Gasteiger partial charge in [0, 0.05) is 53.1 Å². The number of rotatable bonds is 11. The molecule has 0 bridgehead atoms. The summed E-state index contributed by atoms with van der Waals surface area (Å²) in [6.07, 6.45) is 1.15. The highest BCUT2D eigenvalue weighted by Gasteiger charge is 2.34. The number of ether oxygens (including phenoxy) is 1. The highest BCUT2D eigenvalue weighted by Crippen LogP contribution is 2.36. The second-order valence-corrected chi connectivity index (χ2v) is 17.7. The van der Waals surface area contributed by atoms with Crippen LogP contribution in [0.3, 0.4) is 0 Å². The summed E-state index contributed by atoms with van der Waals surface area (Å²) in [6, 6.07) is 8.11. The van der Waals surface area contributed by atoms with E-state index in [1.54, 1.807) is 41.5 Å². The van der Waals surface area contributed by atoms with E-state index in [-0.39, 0.29) is 45.2 Å². The van der Waals surface area contributed by atoms with Gasteiger partial charge < -0.3 is 13.9 Å². The quantitative estimate of drug-likeness (QED) is 0.150. The molecule has 3 rings (SSSR count). The molecule has 0 saturated heterocycles. The van der Waals surface area contributed by atoms with E-state index in [0.29, 0.717) is 11.1 Å². The van der Waals surface area contributed by atoms with Crippen molar-refractivity contribution in [1.29, 1.82) is 0 Å². The van der Waals surface area contributed by atoms with E-state index < -0.39 is 60.7 Å². The number of pyridine rings is 1. The van der Waals surface area contributed by atoms with E-state index in [9.17, 15) is 31.7 Å². The first-order valence-corrected chi connectivity index (χ1v) is 17.9. The zero-order valence-corrected chi connectivity index (χ0v) is 29.6. The highest BCUT2D eigenvalue weighted by atomic mass is 35.5. The van der Waals surface area contributed by atoms with Crippen molar-refractivity contribution < 1.29 is 31.7 Å². The molecule has 0 aliphatic heterocycles. The molecule has 2 aromatic carbocycles. The van der Waals surface area contributed by atoms with Crippen LogP contribution in [0.5, 0.6) is 0 Å². The third-order valence-electron chi connectivity index (χ3n) is 6.85. The second-order valence-electron chi connectivity index (χ2n) is 12.9. The number of ketones is 1. The zero-order valence-electron chi connectivity index (χ0n) is 27.2. The Bertz CT molecular complexity index is 1790. The topological polar surface area (TPSA) is 135 Å². The van der Waals surface area contributed by atoms with Crippen molar-refractivity contribution in [3.8, 4) is 11.1 Å². The van der Waals surface area contributed by atoms with Gasteiger partial charge in [-0.05, 0) is 82.5 Å². The van der Waals surface area contributed by atoms with Gasteiger partial charge in [-0.1, -0.05) is 30.7 Å². The molecule has 0 amide bonds. The fourth-order valence-electron chi connectivity index (χ4n) is 4.51. The monoisotopic (exact) mass is 694 g/mol. The lowest BCUT2D eigenvalue weighted by atomic mass is 9.88. The smallest absolute Gasteiger partial charge is 0.308 e. The molecule has 1 aromatic heterocycles. The molecule has 0 aliphatic rings. The zero-order chi connectivity index (χ0) is 34.8. The molecular formula is C33H40ClFN2O7S2. The van der Waals surface area contributed by atoms with Crippen LogP contribution in [0.4, 0.5) is 4.39 Å². The number of aromatic nitrogens is 1. The molecule has 0 saturated carbocycles. The van der Waals surface area contributed by atoms with Crippen molar-refractivity contribution in [2.45, 2.75) is 77.0 Å². The van der Waals surface area contributed by atoms with Gasteiger partial charge in [-0.2, -0.15) is 0 Å². The van der Waals surface area contributed by atoms with E-state index >= 15 is 0 Å². The molecule has 46 heavy (non-hydrogen) atoms. The van der Waals surface area contributed by atoms with E-state index in [4.69, 9.17) is 16.3 Å². The normalized spacial score (nSPS) is 13.7. The Morgan fingerprint density at radius 3 is 2.24 bits per heavy atom.